The maximum absolute atomic E-state index is 4.60. The standard InChI is InChI=1S/C14H20N6/c1-15-11-9-12(19-14(18-11)10-3-4-10)16-6-5-13-17-7-8-20(13)2/h7-10H,3-6H2,1-2H3,(H2,15,16,18,19). The average molecular weight is 272 g/mol. The van der Waals surface area contributed by atoms with Crippen LogP contribution < -0.4 is 10.6 Å². The molecule has 1 aliphatic rings. The lowest BCUT2D eigenvalue weighted by molar-refractivity contribution is 0.787. The molecular weight excluding hydrogens is 252 g/mol. The minimum atomic E-state index is 0.554. The maximum Gasteiger partial charge on any atom is 0.136 e. The summed E-state index contributed by atoms with van der Waals surface area (Å²) in [6.45, 7) is 0.815. The van der Waals surface area contributed by atoms with Gasteiger partial charge in [-0.05, 0) is 12.8 Å². The van der Waals surface area contributed by atoms with Crippen molar-refractivity contribution in [3.8, 4) is 0 Å². The van der Waals surface area contributed by atoms with Gasteiger partial charge in [0.2, 0.25) is 0 Å². The first-order chi connectivity index (χ1) is 9.76. The summed E-state index contributed by atoms with van der Waals surface area (Å²) in [6, 6.07) is 1.95. The Morgan fingerprint density at radius 1 is 1.30 bits per heavy atom. The van der Waals surface area contributed by atoms with E-state index in [9.17, 15) is 0 Å². The lowest BCUT2D eigenvalue weighted by Gasteiger charge is -2.09. The average Bonchev–Trinajstić information content (AvgIpc) is 3.23. The van der Waals surface area contributed by atoms with Gasteiger partial charge in [0.05, 0.1) is 0 Å². The van der Waals surface area contributed by atoms with E-state index in [2.05, 4.69) is 25.6 Å². The Labute approximate surface area is 118 Å². The van der Waals surface area contributed by atoms with Crippen LogP contribution >= 0.6 is 0 Å². The molecule has 0 aromatic carbocycles. The van der Waals surface area contributed by atoms with Crippen LogP contribution in [0.2, 0.25) is 0 Å². The Hall–Kier alpha value is -2.11. The maximum atomic E-state index is 4.60. The lowest BCUT2D eigenvalue weighted by Crippen LogP contribution is -2.11. The fourth-order valence-electron chi connectivity index (χ4n) is 2.15. The zero-order valence-corrected chi connectivity index (χ0v) is 11.9. The normalized spacial score (nSPS) is 14.3. The molecule has 1 aliphatic carbocycles. The van der Waals surface area contributed by atoms with Gasteiger partial charge in [-0.2, -0.15) is 0 Å². The minimum absolute atomic E-state index is 0.554. The van der Waals surface area contributed by atoms with Crippen LogP contribution in [0.15, 0.2) is 18.5 Å². The molecule has 0 radical (unpaired) electrons. The summed E-state index contributed by atoms with van der Waals surface area (Å²) >= 11 is 0. The van der Waals surface area contributed by atoms with Gasteiger partial charge in [-0.25, -0.2) is 15.0 Å². The van der Waals surface area contributed by atoms with Gasteiger partial charge in [0.25, 0.3) is 0 Å². The van der Waals surface area contributed by atoms with E-state index in [0.717, 1.165) is 36.3 Å². The quantitative estimate of drug-likeness (QED) is 0.839. The summed E-state index contributed by atoms with van der Waals surface area (Å²) in [6.07, 6.45) is 7.08. The first-order valence-corrected chi connectivity index (χ1v) is 7.03. The summed E-state index contributed by atoms with van der Waals surface area (Å²) in [7, 11) is 3.90. The van der Waals surface area contributed by atoms with Gasteiger partial charge in [-0.15, -0.1) is 0 Å². The van der Waals surface area contributed by atoms with Gasteiger partial charge >= 0.3 is 0 Å². The summed E-state index contributed by atoms with van der Waals surface area (Å²) in [5, 5.41) is 6.46. The predicted octanol–water partition coefficient (Wildman–Crippen LogP) is 1.78. The number of aryl methyl sites for hydroxylation is 1. The number of anilines is 2. The van der Waals surface area contributed by atoms with E-state index in [1.54, 1.807) is 0 Å². The number of hydrogen-bond acceptors (Lipinski definition) is 5. The first-order valence-electron chi connectivity index (χ1n) is 7.03. The second kappa shape index (κ2) is 5.48. The molecule has 2 aromatic rings. The van der Waals surface area contributed by atoms with E-state index in [4.69, 9.17) is 0 Å². The van der Waals surface area contributed by atoms with Crippen LogP contribution in [0.1, 0.15) is 30.4 Å². The number of aromatic nitrogens is 4. The zero-order valence-electron chi connectivity index (χ0n) is 11.9. The number of rotatable bonds is 6. The van der Waals surface area contributed by atoms with Crippen LogP contribution in [-0.2, 0) is 13.5 Å². The Kier molecular flexibility index (Phi) is 3.54. The predicted molar refractivity (Wildman–Crippen MR) is 79.0 cm³/mol. The fourth-order valence-corrected chi connectivity index (χ4v) is 2.15. The smallest absolute Gasteiger partial charge is 0.136 e. The Morgan fingerprint density at radius 3 is 2.75 bits per heavy atom. The number of nitrogens with one attached hydrogen (secondary N) is 2. The number of imidazole rings is 1. The number of nitrogens with zero attached hydrogens (tertiary/aromatic N) is 4. The molecule has 2 N–H and O–H groups in total. The molecule has 0 spiro atoms. The molecule has 20 heavy (non-hydrogen) atoms. The van der Waals surface area contributed by atoms with Gasteiger partial charge in [-0.3, -0.25) is 0 Å². The molecule has 2 aromatic heterocycles. The molecule has 2 heterocycles. The van der Waals surface area contributed by atoms with Gasteiger partial charge in [0.15, 0.2) is 0 Å². The zero-order chi connectivity index (χ0) is 13.9. The molecule has 6 heteroatoms. The van der Waals surface area contributed by atoms with Crippen LogP contribution in [-0.4, -0.2) is 33.1 Å². The van der Waals surface area contributed by atoms with Crippen LogP contribution in [0.5, 0.6) is 0 Å². The second-order valence-electron chi connectivity index (χ2n) is 5.15. The van der Waals surface area contributed by atoms with Crippen molar-refractivity contribution in [3.63, 3.8) is 0 Å². The molecule has 6 nitrogen and oxygen atoms in total. The Balaban J connectivity index is 1.64. The third-order valence-corrected chi connectivity index (χ3v) is 3.52. The van der Waals surface area contributed by atoms with Crippen LogP contribution in [0.25, 0.3) is 0 Å². The van der Waals surface area contributed by atoms with Crippen molar-refractivity contribution in [2.24, 2.45) is 7.05 Å². The van der Waals surface area contributed by atoms with Crippen molar-refractivity contribution in [3.05, 3.63) is 30.1 Å². The molecule has 0 saturated heterocycles. The van der Waals surface area contributed by atoms with Gasteiger partial charge in [-0.1, -0.05) is 0 Å². The fraction of sp³-hybridized carbons (Fsp3) is 0.500. The van der Waals surface area contributed by atoms with Crippen molar-refractivity contribution in [1.82, 2.24) is 19.5 Å². The molecule has 3 rings (SSSR count). The third kappa shape index (κ3) is 2.89. The molecule has 0 atom stereocenters. The van der Waals surface area contributed by atoms with E-state index in [1.807, 2.05) is 37.1 Å². The molecule has 0 unspecified atom stereocenters. The van der Waals surface area contributed by atoms with E-state index < -0.39 is 0 Å². The SMILES string of the molecule is CNc1cc(NCCc2nccn2C)nc(C2CC2)n1. The monoisotopic (exact) mass is 272 g/mol. The largest absolute Gasteiger partial charge is 0.373 e. The highest BCUT2D eigenvalue weighted by Gasteiger charge is 2.27. The van der Waals surface area contributed by atoms with Gasteiger partial charge in [0.1, 0.15) is 23.3 Å². The van der Waals surface area contributed by atoms with Crippen LogP contribution in [0, 0.1) is 0 Å². The Morgan fingerprint density at radius 2 is 2.10 bits per heavy atom. The van der Waals surface area contributed by atoms with Gasteiger partial charge in [0, 0.05) is 51.4 Å². The highest BCUT2D eigenvalue weighted by molar-refractivity contribution is 5.47. The van der Waals surface area contributed by atoms with Crippen molar-refractivity contribution in [2.75, 3.05) is 24.2 Å². The molecule has 1 fully saturated rings. The van der Waals surface area contributed by atoms with E-state index in [1.165, 1.54) is 12.8 Å². The van der Waals surface area contributed by atoms with Crippen LogP contribution in [0.3, 0.4) is 0 Å². The minimum Gasteiger partial charge on any atom is -0.373 e. The topological polar surface area (TPSA) is 67.7 Å². The first kappa shape index (κ1) is 12.9. The van der Waals surface area contributed by atoms with Crippen molar-refractivity contribution < 1.29 is 0 Å². The molecular formula is C14H20N6. The molecule has 106 valence electrons. The summed E-state index contributed by atoms with van der Waals surface area (Å²) < 4.78 is 2.04. The third-order valence-electron chi connectivity index (χ3n) is 3.52. The van der Waals surface area contributed by atoms with Crippen molar-refractivity contribution in [2.45, 2.75) is 25.2 Å². The summed E-state index contributed by atoms with van der Waals surface area (Å²) in [5.74, 6) is 4.35. The molecule has 0 amide bonds. The number of hydrogen-bond donors (Lipinski definition) is 2. The van der Waals surface area contributed by atoms with E-state index in [0.29, 0.717) is 5.92 Å². The lowest BCUT2D eigenvalue weighted by atomic mass is 10.3. The highest BCUT2D eigenvalue weighted by atomic mass is 15.1. The second-order valence-corrected chi connectivity index (χ2v) is 5.15. The van der Waals surface area contributed by atoms with Crippen molar-refractivity contribution >= 4 is 11.6 Å². The highest BCUT2D eigenvalue weighted by Crippen LogP contribution is 2.38. The van der Waals surface area contributed by atoms with Gasteiger partial charge < -0.3 is 15.2 Å². The van der Waals surface area contributed by atoms with Crippen molar-refractivity contribution in [1.29, 1.82) is 0 Å². The molecule has 1 saturated carbocycles. The molecule has 0 bridgehead atoms. The van der Waals surface area contributed by atoms with E-state index >= 15 is 0 Å². The summed E-state index contributed by atoms with van der Waals surface area (Å²) in [5.41, 5.74) is 0. The Bertz CT molecular complexity index is 587. The summed E-state index contributed by atoms with van der Waals surface area (Å²) in [4.78, 5) is 13.4. The van der Waals surface area contributed by atoms with E-state index in [-0.39, 0.29) is 0 Å². The molecule has 0 aliphatic heterocycles. The van der Waals surface area contributed by atoms with Crippen LogP contribution in [0.4, 0.5) is 11.6 Å².